The molecule has 1 fully saturated rings. The molecule has 6 heteroatoms. The van der Waals surface area contributed by atoms with E-state index in [0.717, 1.165) is 6.42 Å². The van der Waals surface area contributed by atoms with Crippen LogP contribution in [0.4, 0.5) is 4.79 Å². The minimum atomic E-state index is -0.664. The number of carbonyl (C=O) groups is 2. The molecule has 0 radical (unpaired) electrons. The van der Waals surface area contributed by atoms with E-state index in [1.807, 2.05) is 0 Å². The molecular weight excluding hydrogens is 262 g/mol. The van der Waals surface area contributed by atoms with Crippen molar-refractivity contribution in [1.29, 1.82) is 0 Å². The van der Waals surface area contributed by atoms with E-state index in [1.54, 1.807) is 26.8 Å². The Bertz CT molecular complexity index is 424. The lowest BCUT2D eigenvalue weighted by atomic mass is 10.1. The summed E-state index contributed by atoms with van der Waals surface area (Å²) < 4.78 is 15.9. The van der Waals surface area contributed by atoms with Crippen LogP contribution in [0, 0.1) is 0 Å². The molecule has 1 unspecified atom stereocenters. The second-order valence-corrected chi connectivity index (χ2v) is 5.83. The lowest BCUT2D eigenvalue weighted by Gasteiger charge is -2.35. The highest BCUT2D eigenvalue weighted by Gasteiger charge is 2.37. The van der Waals surface area contributed by atoms with E-state index in [0.29, 0.717) is 25.5 Å². The van der Waals surface area contributed by atoms with Gasteiger partial charge in [-0.05, 0) is 26.8 Å². The summed E-state index contributed by atoms with van der Waals surface area (Å²) in [6.07, 6.45) is 1.99. The van der Waals surface area contributed by atoms with Gasteiger partial charge in [0, 0.05) is 13.0 Å². The molecule has 2 aliphatic heterocycles. The second-order valence-electron chi connectivity index (χ2n) is 5.83. The Morgan fingerprint density at radius 2 is 2.10 bits per heavy atom. The fraction of sp³-hybridized carbons (Fsp3) is 0.714. The van der Waals surface area contributed by atoms with E-state index < -0.39 is 17.7 Å². The maximum atomic E-state index is 12.4. The van der Waals surface area contributed by atoms with Crippen LogP contribution in [0.2, 0.25) is 0 Å². The molecule has 6 nitrogen and oxygen atoms in total. The highest BCUT2D eigenvalue weighted by atomic mass is 16.6. The number of hydrogen-bond acceptors (Lipinski definition) is 5. The van der Waals surface area contributed by atoms with Crippen molar-refractivity contribution in [2.45, 2.75) is 38.8 Å². The molecular formula is C14H21NO5. The number of Topliss-reactive ketones (excluding diaryl/α,β-unsaturated/α-hetero) is 1. The molecule has 0 N–H and O–H groups in total. The molecule has 2 rings (SSSR count). The van der Waals surface area contributed by atoms with Crippen LogP contribution < -0.4 is 0 Å². The third kappa shape index (κ3) is 3.50. The molecule has 0 aromatic rings. The lowest BCUT2D eigenvalue weighted by molar-refractivity contribution is -0.129. The van der Waals surface area contributed by atoms with Crippen LogP contribution in [0.5, 0.6) is 0 Å². The first-order chi connectivity index (χ1) is 9.38. The van der Waals surface area contributed by atoms with Crippen LogP contribution in [0.1, 0.15) is 27.2 Å². The van der Waals surface area contributed by atoms with E-state index in [9.17, 15) is 9.59 Å². The topological polar surface area (TPSA) is 65.1 Å². The SMILES string of the molecule is CC(C)(C)OC(=O)N1CCOCC1C(=O)C1=CCCO1. The second kappa shape index (κ2) is 5.83. The summed E-state index contributed by atoms with van der Waals surface area (Å²) in [6.45, 7) is 6.84. The number of ketones is 1. The van der Waals surface area contributed by atoms with Gasteiger partial charge >= 0.3 is 6.09 Å². The van der Waals surface area contributed by atoms with Crippen LogP contribution in [-0.4, -0.2) is 54.8 Å². The summed E-state index contributed by atoms with van der Waals surface area (Å²) in [7, 11) is 0. The minimum Gasteiger partial charge on any atom is -0.490 e. The summed E-state index contributed by atoms with van der Waals surface area (Å²) >= 11 is 0. The Morgan fingerprint density at radius 1 is 1.35 bits per heavy atom. The quantitative estimate of drug-likeness (QED) is 0.768. The monoisotopic (exact) mass is 283 g/mol. The minimum absolute atomic E-state index is 0.179. The summed E-state index contributed by atoms with van der Waals surface area (Å²) in [5.74, 6) is 0.113. The van der Waals surface area contributed by atoms with Crippen molar-refractivity contribution in [3.05, 3.63) is 11.8 Å². The predicted molar refractivity (Wildman–Crippen MR) is 71.2 cm³/mol. The van der Waals surface area contributed by atoms with Crippen molar-refractivity contribution < 1.29 is 23.8 Å². The van der Waals surface area contributed by atoms with Gasteiger partial charge in [-0.1, -0.05) is 0 Å². The van der Waals surface area contributed by atoms with Crippen molar-refractivity contribution in [3.8, 4) is 0 Å². The maximum absolute atomic E-state index is 12.4. The number of nitrogens with zero attached hydrogens (tertiary/aromatic N) is 1. The fourth-order valence-electron chi connectivity index (χ4n) is 2.11. The molecule has 1 amide bonds. The van der Waals surface area contributed by atoms with Gasteiger partial charge in [0.2, 0.25) is 5.78 Å². The van der Waals surface area contributed by atoms with Gasteiger partial charge in [-0.25, -0.2) is 4.79 Å². The van der Waals surface area contributed by atoms with Crippen molar-refractivity contribution in [1.82, 2.24) is 4.90 Å². The Balaban J connectivity index is 2.08. The van der Waals surface area contributed by atoms with E-state index in [1.165, 1.54) is 4.90 Å². The third-order valence-electron chi connectivity index (χ3n) is 3.01. The number of carbonyl (C=O) groups excluding carboxylic acids is 2. The van der Waals surface area contributed by atoms with E-state index in [4.69, 9.17) is 14.2 Å². The van der Waals surface area contributed by atoms with Crippen molar-refractivity contribution in [2.75, 3.05) is 26.4 Å². The van der Waals surface area contributed by atoms with Gasteiger partial charge in [0.05, 0.1) is 19.8 Å². The van der Waals surface area contributed by atoms with Crippen LogP contribution in [0.3, 0.4) is 0 Å². The molecule has 1 atom stereocenters. The molecule has 0 aromatic heterocycles. The average molecular weight is 283 g/mol. The van der Waals surface area contributed by atoms with Crippen molar-refractivity contribution in [2.24, 2.45) is 0 Å². The third-order valence-corrected chi connectivity index (χ3v) is 3.01. The van der Waals surface area contributed by atoms with Gasteiger partial charge in [-0.2, -0.15) is 0 Å². The first kappa shape index (κ1) is 14.8. The Hall–Kier alpha value is -1.56. The Kier molecular flexibility index (Phi) is 4.32. The number of morpholine rings is 1. The maximum Gasteiger partial charge on any atom is 0.411 e. The number of hydrogen-bond donors (Lipinski definition) is 0. The zero-order valence-corrected chi connectivity index (χ0v) is 12.2. The first-order valence-corrected chi connectivity index (χ1v) is 6.83. The number of amides is 1. The fourth-order valence-corrected chi connectivity index (χ4v) is 2.11. The van der Waals surface area contributed by atoms with Crippen LogP contribution in [-0.2, 0) is 19.0 Å². The van der Waals surface area contributed by atoms with Gasteiger partial charge in [0.25, 0.3) is 0 Å². The average Bonchev–Trinajstić information content (AvgIpc) is 2.89. The summed E-state index contributed by atoms with van der Waals surface area (Å²) in [4.78, 5) is 26.0. The largest absolute Gasteiger partial charge is 0.490 e. The van der Waals surface area contributed by atoms with Crippen LogP contribution >= 0.6 is 0 Å². The lowest BCUT2D eigenvalue weighted by Crippen LogP contribution is -2.54. The highest BCUT2D eigenvalue weighted by molar-refractivity contribution is 5.99. The van der Waals surface area contributed by atoms with Crippen molar-refractivity contribution >= 4 is 11.9 Å². The summed E-state index contributed by atoms with van der Waals surface area (Å²) in [5, 5.41) is 0. The molecule has 0 aromatic carbocycles. The molecule has 0 aliphatic carbocycles. The zero-order valence-electron chi connectivity index (χ0n) is 12.2. The standard InChI is InChI=1S/C14H21NO5/c1-14(2,3)20-13(17)15-6-8-18-9-10(15)12(16)11-5-4-7-19-11/h5,10H,4,6-9H2,1-3H3. The van der Waals surface area contributed by atoms with Gasteiger partial charge in [0.1, 0.15) is 11.6 Å². The smallest absolute Gasteiger partial charge is 0.411 e. The van der Waals surface area contributed by atoms with E-state index in [2.05, 4.69) is 0 Å². The molecule has 2 aliphatic rings. The Morgan fingerprint density at radius 3 is 2.70 bits per heavy atom. The molecule has 0 saturated carbocycles. The van der Waals surface area contributed by atoms with Gasteiger partial charge in [0.15, 0.2) is 5.76 Å². The van der Waals surface area contributed by atoms with E-state index >= 15 is 0 Å². The van der Waals surface area contributed by atoms with Gasteiger partial charge in [-0.15, -0.1) is 0 Å². The molecule has 0 spiro atoms. The molecule has 0 bridgehead atoms. The molecule has 2 heterocycles. The van der Waals surface area contributed by atoms with Gasteiger partial charge in [-0.3, -0.25) is 9.69 Å². The highest BCUT2D eigenvalue weighted by Crippen LogP contribution is 2.20. The normalized spacial score (nSPS) is 23.1. The van der Waals surface area contributed by atoms with E-state index in [-0.39, 0.29) is 12.4 Å². The first-order valence-electron chi connectivity index (χ1n) is 6.83. The number of rotatable bonds is 2. The zero-order chi connectivity index (χ0) is 14.8. The van der Waals surface area contributed by atoms with Crippen LogP contribution in [0.25, 0.3) is 0 Å². The molecule has 1 saturated heterocycles. The molecule has 112 valence electrons. The summed E-state index contributed by atoms with van der Waals surface area (Å²) in [6, 6.07) is -0.664. The molecule has 20 heavy (non-hydrogen) atoms. The van der Waals surface area contributed by atoms with Crippen LogP contribution in [0.15, 0.2) is 11.8 Å². The number of ether oxygens (including phenoxy) is 3. The van der Waals surface area contributed by atoms with Gasteiger partial charge < -0.3 is 14.2 Å². The Labute approximate surface area is 118 Å². The van der Waals surface area contributed by atoms with Crippen molar-refractivity contribution in [3.63, 3.8) is 0 Å². The summed E-state index contributed by atoms with van der Waals surface area (Å²) in [5.41, 5.74) is -0.591. The predicted octanol–water partition coefficient (Wildman–Crippen LogP) is 1.50.